The van der Waals surface area contributed by atoms with E-state index in [1.54, 1.807) is 12.4 Å². The van der Waals surface area contributed by atoms with Gasteiger partial charge in [-0.2, -0.15) is 0 Å². The molecule has 4 nitrogen and oxygen atoms in total. The Morgan fingerprint density at radius 1 is 0.879 bits per heavy atom. The fraction of sp³-hybridized carbons (Fsp3) is 0.172. The molecule has 1 aliphatic rings. The van der Waals surface area contributed by atoms with Crippen LogP contribution in [-0.2, 0) is 0 Å². The van der Waals surface area contributed by atoms with E-state index >= 15 is 0 Å². The Morgan fingerprint density at radius 3 is 2.18 bits per heavy atom. The molecule has 33 heavy (non-hydrogen) atoms. The molecule has 0 spiro atoms. The van der Waals surface area contributed by atoms with E-state index in [0.29, 0.717) is 25.2 Å². The van der Waals surface area contributed by atoms with Crippen LogP contribution in [0.2, 0.25) is 0 Å². The molecule has 1 saturated heterocycles. The molecule has 3 aromatic carbocycles. The van der Waals surface area contributed by atoms with E-state index < -0.39 is 0 Å². The van der Waals surface area contributed by atoms with Crippen LogP contribution in [0.3, 0.4) is 0 Å². The lowest BCUT2D eigenvalue weighted by atomic mass is 9.94. The molecular weight excluding hydrogens is 406 g/mol. The van der Waals surface area contributed by atoms with Crippen molar-refractivity contribution in [3.63, 3.8) is 0 Å². The summed E-state index contributed by atoms with van der Waals surface area (Å²) in [6.07, 6.45) is 9.49. The predicted molar refractivity (Wildman–Crippen MR) is 132 cm³/mol. The lowest BCUT2D eigenvalue weighted by Gasteiger charge is -2.43. The first-order valence-electron chi connectivity index (χ1n) is 11.2. The third kappa shape index (κ3) is 4.11. The largest absolute Gasteiger partial charge is 0.335 e. The molecule has 1 fully saturated rings. The number of carbonyl (C=O) groups excluding carboxylic acids is 1. The molecule has 162 valence electrons. The minimum Gasteiger partial charge on any atom is -0.335 e. The number of nitrogens with zero attached hydrogens (tertiary/aromatic N) is 3. The first-order chi connectivity index (χ1) is 16.3. The van der Waals surface area contributed by atoms with Gasteiger partial charge in [0, 0.05) is 37.4 Å². The smallest absolute Gasteiger partial charge is 0.256 e. The normalized spacial score (nSPS) is 16.6. The molecule has 0 N–H and O–H groups in total. The van der Waals surface area contributed by atoms with E-state index in [0.717, 1.165) is 10.8 Å². The van der Waals surface area contributed by atoms with E-state index in [4.69, 9.17) is 6.42 Å². The monoisotopic (exact) mass is 431 g/mol. The van der Waals surface area contributed by atoms with E-state index in [2.05, 4.69) is 64.3 Å². The summed E-state index contributed by atoms with van der Waals surface area (Å²) in [5.74, 6) is 2.95. The van der Waals surface area contributed by atoms with Gasteiger partial charge in [-0.1, -0.05) is 90.8 Å². The Bertz CT molecular complexity index is 1250. The van der Waals surface area contributed by atoms with Crippen molar-refractivity contribution >= 4 is 16.7 Å². The number of pyridine rings is 1. The van der Waals surface area contributed by atoms with Crippen LogP contribution in [-0.4, -0.2) is 46.4 Å². The molecule has 0 bridgehead atoms. The summed E-state index contributed by atoms with van der Waals surface area (Å²) in [6, 6.07) is 28.6. The van der Waals surface area contributed by atoms with Crippen LogP contribution in [0.1, 0.15) is 27.5 Å². The summed E-state index contributed by atoms with van der Waals surface area (Å²) in [6.45, 7) is 1.78. The van der Waals surface area contributed by atoms with Crippen molar-refractivity contribution < 1.29 is 4.79 Å². The van der Waals surface area contributed by atoms with Gasteiger partial charge >= 0.3 is 0 Å². The van der Waals surface area contributed by atoms with Gasteiger partial charge in [-0.25, -0.2) is 0 Å². The zero-order valence-electron chi connectivity index (χ0n) is 18.3. The highest BCUT2D eigenvalue weighted by molar-refractivity contribution is 6.06. The number of carbonyl (C=O) groups is 1. The highest BCUT2D eigenvalue weighted by Gasteiger charge is 2.35. The van der Waals surface area contributed by atoms with Crippen LogP contribution in [0.25, 0.3) is 10.8 Å². The topological polar surface area (TPSA) is 36.4 Å². The maximum atomic E-state index is 13.5. The summed E-state index contributed by atoms with van der Waals surface area (Å²) >= 11 is 0. The van der Waals surface area contributed by atoms with Gasteiger partial charge in [-0.05, 0) is 16.5 Å². The Morgan fingerprint density at radius 2 is 1.52 bits per heavy atom. The lowest BCUT2D eigenvalue weighted by Crippen LogP contribution is -2.55. The first-order valence-corrected chi connectivity index (χ1v) is 11.2. The molecule has 1 unspecified atom stereocenters. The second-order valence-electron chi connectivity index (χ2n) is 8.30. The predicted octanol–water partition coefficient (Wildman–Crippen LogP) is 4.78. The van der Waals surface area contributed by atoms with Crippen molar-refractivity contribution in [2.75, 3.05) is 19.6 Å². The third-order valence-corrected chi connectivity index (χ3v) is 6.36. The Balaban J connectivity index is 1.45. The quantitative estimate of drug-likeness (QED) is 0.436. The van der Waals surface area contributed by atoms with Crippen LogP contribution in [0, 0.1) is 12.3 Å². The van der Waals surface area contributed by atoms with Crippen LogP contribution < -0.4 is 0 Å². The maximum Gasteiger partial charge on any atom is 0.256 e. The minimum atomic E-state index is -0.198. The maximum absolute atomic E-state index is 13.5. The van der Waals surface area contributed by atoms with Crippen LogP contribution in [0.15, 0.2) is 97.3 Å². The van der Waals surface area contributed by atoms with Crippen molar-refractivity contribution in [1.82, 2.24) is 14.8 Å². The van der Waals surface area contributed by atoms with Crippen molar-refractivity contribution in [3.05, 3.63) is 114 Å². The average Bonchev–Trinajstić information content (AvgIpc) is 2.89. The number of fused-ring (bicyclic) bond motifs is 1. The summed E-state index contributed by atoms with van der Waals surface area (Å²) < 4.78 is 0. The molecule has 0 radical (unpaired) electrons. The van der Waals surface area contributed by atoms with Crippen LogP contribution >= 0.6 is 0 Å². The molecule has 5 rings (SSSR count). The van der Waals surface area contributed by atoms with Gasteiger partial charge in [0.05, 0.1) is 17.6 Å². The standard InChI is InChI=1S/C29H25N3O/c1-2-25-21-31(29(33)27-20-30-19-24-15-9-10-16-26(24)27)17-18-32(25)28(22-11-5-3-6-12-22)23-13-7-4-8-14-23/h1,3-16,19-20,25,28H,17-18,21H2. The first kappa shape index (κ1) is 20.9. The van der Waals surface area contributed by atoms with Crippen molar-refractivity contribution in [2.45, 2.75) is 12.1 Å². The summed E-state index contributed by atoms with van der Waals surface area (Å²) in [5.41, 5.74) is 3.02. The third-order valence-electron chi connectivity index (χ3n) is 6.36. The van der Waals surface area contributed by atoms with Crippen molar-refractivity contribution in [3.8, 4) is 12.3 Å². The second-order valence-corrected chi connectivity index (χ2v) is 8.30. The number of amides is 1. The number of piperazine rings is 1. The summed E-state index contributed by atoms with van der Waals surface area (Å²) in [4.78, 5) is 22.0. The van der Waals surface area contributed by atoms with E-state index in [1.165, 1.54) is 11.1 Å². The van der Waals surface area contributed by atoms with E-state index in [9.17, 15) is 4.79 Å². The molecule has 1 amide bonds. The summed E-state index contributed by atoms with van der Waals surface area (Å²) in [5, 5.41) is 1.88. The van der Waals surface area contributed by atoms with Gasteiger partial charge in [0.2, 0.25) is 0 Å². The number of aromatic nitrogens is 1. The van der Waals surface area contributed by atoms with Gasteiger partial charge < -0.3 is 4.90 Å². The molecule has 4 heteroatoms. The molecular formula is C29H25N3O. The SMILES string of the molecule is C#CC1CN(C(=O)c2cncc3ccccc23)CCN1C(c1ccccc1)c1ccccc1. The second kappa shape index (κ2) is 9.28. The minimum absolute atomic E-state index is 0.0184. The fourth-order valence-electron chi connectivity index (χ4n) is 4.74. The van der Waals surface area contributed by atoms with Crippen molar-refractivity contribution in [1.29, 1.82) is 0 Å². The van der Waals surface area contributed by atoms with Gasteiger partial charge in [-0.15, -0.1) is 6.42 Å². The fourth-order valence-corrected chi connectivity index (χ4v) is 4.74. The number of hydrogen-bond acceptors (Lipinski definition) is 3. The molecule has 4 aromatic rings. The molecule has 1 aromatic heterocycles. The number of terminal acetylenes is 1. The Hall–Kier alpha value is -3.94. The molecule has 1 atom stereocenters. The lowest BCUT2D eigenvalue weighted by molar-refractivity contribution is 0.0505. The van der Waals surface area contributed by atoms with E-state index in [1.807, 2.05) is 41.3 Å². The zero-order chi connectivity index (χ0) is 22.6. The number of benzene rings is 3. The van der Waals surface area contributed by atoms with Gasteiger partial charge in [0.15, 0.2) is 0 Å². The molecule has 2 heterocycles. The average molecular weight is 432 g/mol. The highest BCUT2D eigenvalue weighted by Crippen LogP contribution is 2.32. The summed E-state index contributed by atoms with van der Waals surface area (Å²) in [7, 11) is 0. The van der Waals surface area contributed by atoms with Gasteiger partial charge in [0.1, 0.15) is 0 Å². The molecule has 0 saturated carbocycles. The molecule has 1 aliphatic heterocycles. The molecule has 0 aliphatic carbocycles. The zero-order valence-corrected chi connectivity index (χ0v) is 18.3. The van der Waals surface area contributed by atoms with Gasteiger partial charge in [-0.3, -0.25) is 14.7 Å². The Kier molecular flexibility index (Phi) is 5.89. The van der Waals surface area contributed by atoms with Crippen LogP contribution in [0.5, 0.6) is 0 Å². The Labute approximate surface area is 194 Å². The van der Waals surface area contributed by atoms with Gasteiger partial charge in [0.25, 0.3) is 5.91 Å². The van der Waals surface area contributed by atoms with Crippen LogP contribution in [0.4, 0.5) is 0 Å². The van der Waals surface area contributed by atoms with E-state index in [-0.39, 0.29) is 18.0 Å². The van der Waals surface area contributed by atoms with Crippen molar-refractivity contribution in [2.24, 2.45) is 0 Å². The number of rotatable bonds is 4. The highest BCUT2D eigenvalue weighted by atomic mass is 16.2. The number of hydrogen-bond donors (Lipinski definition) is 0.